The van der Waals surface area contributed by atoms with Crippen LogP contribution in [0.25, 0.3) is 0 Å². The molecule has 5 nitrogen and oxygen atoms in total. The molecule has 0 aromatic carbocycles. The van der Waals surface area contributed by atoms with E-state index in [2.05, 4.69) is 15.3 Å². The van der Waals surface area contributed by atoms with E-state index in [9.17, 15) is 0 Å². The van der Waals surface area contributed by atoms with E-state index in [1.54, 1.807) is 19.5 Å². The molecule has 1 N–H and O–H groups in total. The van der Waals surface area contributed by atoms with E-state index in [0.717, 1.165) is 17.9 Å². The van der Waals surface area contributed by atoms with E-state index in [-0.39, 0.29) is 5.60 Å². The topological polar surface area (TPSA) is 56.3 Å². The standard InChI is InChI=1S/C12H21N3O2/c1-12(2,16-4)5-6-17-9-10-7-15-11(13-3)8-14-10/h7-8H,5-6,9H2,1-4H3,(H,13,15). The molecule has 1 aromatic heterocycles. The Morgan fingerprint density at radius 2 is 2.06 bits per heavy atom. The molecule has 1 aromatic rings. The maximum atomic E-state index is 5.53. The Bertz CT molecular complexity index is 325. The quantitative estimate of drug-likeness (QED) is 0.736. The first-order valence-electron chi connectivity index (χ1n) is 5.69. The number of hydrogen-bond acceptors (Lipinski definition) is 5. The fourth-order valence-electron chi connectivity index (χ4n) is 1.16. The van der Waals surface area contributed by atoms with Gasteiger partial charge >= 0.3 is 0 Å². The lowest BCUT2D eigenvalue weighted by Gasteiger charge is -2.22. The number of nitrogens with zero attached hydrogens (tertiary/aromatic N) is 2. The Morgan fingerprint density at radius 3 is 2.59 bits per heavy atom. The third-order valence-electron chi connectivity index (χ3n) is 2.61. The van der Waals surface area contributed by atoms with Crippen LogP contribution < -0.4 is 5.32 Å². The van der Waals surface area contributed by atoms with E-state index < -0.39 is 0 Å². The van der Waals surface area contributed by atoms with E-state index in [1.165, 1.54) is 0 Å². The number of aromatic nitrogens is 2. The highest BCUT2D eigenvalue weighted by atomic mass is 16.5. The van der Waals surface area contributed by atoms with Crippen LogP contribution in [0.5, 0.6) is 0 Å². The van der Waals surface area contributed by atoms with Crippen molar-refractivity contribution in [2.75, 3.05) is 26.1 Å². The van der Waals surface area contributed by atoms with E-state index in [0.29, 0.717) is 13.2 Å². The first-order valence-corrected chi connectivity index (χ1v) is 5.69. The highest BCUT2D eigenvalue weighted by molar-refractivity contribution is 5.29. The zero-order chi connectivity index (χ0) is 12.7. The van der Waals surface area contributed by atoms with Crippen LogP contribution in [-0.2, 0) is 16.1 Å². The molecular weight excluding hydrogens is 218 g/mol. The van der Waals surface area contributed by atoms with Crippen molar-refractivity contribution in [1.29, 1.82) is 0 Å². The molecule has 5 heteroatoms. The lowest BCUT2D eigenvalue weighted by molar-refractivity contribution is -0.0128. The average molecular weight is 239 g/mol. The second-order valence-corrected chi connectivity index (χ2v) is 4.41. The van der Waals surface area contributed by atoms with E-state index in [1.807, 2.05) is 20.9 Å². The van der Waals surface area contributed by atoms with Gasteiger partial charge in [-0.15, -0.1) is 0 Å². The summed E-state index contributed by atoms with van der Waals surface area (Å²) in [4.78, 5) is 8.38. The average Bonchev–Trinajstić information content (AvgIpc) is 2.35. The van der Waals surface area contributed by atoms with Crippen LogP contribution in [0.15, 0.2) is 12.4 Å². The second-order valence-electron chi connectivity index (χ2n) is 4.41. The van der Waals surface area contributed by atoms with Gasteiger partial charge in [-0.2, -0.15) is 0 Å². The molecule has 0 saturated carbocycles. The van der Waals surface area contributed by atoms with Gasteiger partial charge in [-0.1, -0.05) is 0 Å². The van der Waals surface area contributed by atoms with E-state index >= 15 is 0 Å². The van der Waals surface area contributed by atoms with Gasteiger partial charge in [-0.3, -0.25) is 4.98 Å². The van der Waals surface area contributed by atoms with Gasteiger partial charge in [-0.05, 0) is 20.3 Å². The third kappa shape index (κ3) is 5.10. The molecule has 1 rings (SSSR count). The summed E-state index contributed by atoms with van der Waals surface area (Å²) in [6.07, 6.45) is 4.26. The first kappa shape index (κ1) is 13.9. The lowest BCUT2D eigenvalue weighted by Crippen LogP contribution is -2.24. The summed E-state index contributed by atoms with van der Waals surface area (Å²) in [5, 5.41) is 2.92. The van der Waals surface area contributed by atoms with Crippen molar-refractivity contribution in [2.45, 2.75) is 32.5 Å². The maximum Gasteiger partial charge on any atom is 0.144 e. The second kappa shape index (κ2) is 6.51. The van der Waals surface area contributed by atoms with Crippen molar-refractivity contribution in [3.8, 4) is 0 Å². The summed E-state index contributed by atoms with van der Waals surface area (Å²) in [5.41, 5.74) is 0.695. The normalized spacial score (nSPS) is 11.5. The largest absolute Gasteiger partial charge is 0.379 e. The zero-order valence-corrected chi connectivity index (χ0v) is 11.0. The summed E-state index contributed by atoms with van der Waals surface area (Å²) in [6.45, 7) is 5.21. The Hall–Kier alpha value is -1.20. The SMILES string of the molecule is CNc1cnc(COCCC(C)(C)OC)cn1. The van der Waals surface area contributed by atoms with Gasteiger partial charge in [0.1, 0.15) is 5.82 Å². The fourth-order valence-corrected chi connectivity index (χ4v) is 1.16. The minimum atomic E-state index is -0.137. The number of anilines is 1. The van der Waals surface area contributed by atoms with Crippen molar-refractivity contribution in [3.05, 3.63) is 18.1 Å². The van der Waals surface area contributed by atoms with Gasteiger partial charge in [0.15, 0.2) is 0 Å². The summed E-state index contributed by atoms with van der Waals surface area (Å²) >= 11 is 0. The molecule has 0 bridgehead atoms. The van der Waals surface area contributed by atoms with Crippen molar-refractivity contribution in [1.82, 2.24) is 9.97 Å². The van der Waals surface area contributed by atoms with Crippen molar-refractivity contribution < 1.29 is 9.47 Å². The van der Waals surface area contributed by atoms with Gasteiger partial charge in [0, 0.05) is 20.8 Å². The van der Waals surface area contributed by atoms with Crippen LogP contribution in [0.4, 0.5) is 5.82 Å². The number of ether oxygens (including phenoxy) is 2. The number of hydrogen-bond donors (Lipinski definition) is 1. The van der Waals surface area contributed by atoms with Gasteiger partial charge in [0.05, 0.1) is 30.3 Å². The smallest absolute Gasteiger partial charge is 0.144 e. The molecule has 0 atom stereocenters. The molecule has 0 spiro atoms. The van der Waals surface area contributed by atoms with Crippen LogP contribution in [0, 0.1) is 0 Å². The van der Waals surface area contributed by atoms with Gasteiger partial charge in [0.2, 0.25) is 0 Å². The Morgan fingerprint density at radius 1 is 1.29 bits per heavy atom. The van der Waals surface area contributed by atoms with Crippen LogP contribution >= 0.6 is 0 Å². The monoisotopic (exact) mass is 239 g/mol. The highest BCUT2D eigenvalue weighted by Crippen LogP contribution is 2.12. The van der Waals surface area contributed by atoms with Crippen molar-refractivity contribution >= 4 is 5.82 Å². The molecule has 96 valence electrons. The van der Waals surface area contributed by atoms with Gasteiger partial charge < -0.3 is 14.8 Å². The molecule has 0 unspecified atom stereocenters. The molecule has 17 heavy (non-hydrogen) atoms. The lowest BCUT2D eigenvalue weighted by atomic mass is 10.1. The molecule has 0 aliphatic carbocycles. The summed E-state index contributed by atoms with van der Waals surface area (Å²) in [6, 6.07) is 0. The molecule has 0 saturated heterocycles. The summed E-state index contributed by atoms with van der Waals surface area (Å²) < 4.78 is 10.8. The number of rotatable bonds is 7. The van der Waals surface area contributed by atoms with Crippen molar-refractivity contribution in [3.63, 3.8) is 0 Å². The predicted octanol–water partition coefficient (Wildman–Crippen LogP) is 1.85. The molecule has 1 heterocycles. The molecule has 0 radical (unpaired) electrons. The zero-order valence-electron chi connectivity index (χ0n) is 11.0. The van der Waals surface area contributed by atoms with Gasteiger partial charge in [0.25, 0.3) is 0 Å². The summed E-state index contributed by atoms with van der Waals surface area (Å²) in [7, 11) is 3.52. The maximum absolute atomic E-state index is 5.53. The van der Waals surface area contributed by atoms with E-state index in [4.69, 9.17) is 9.47 Å². The third-order valence-corrected chi connectivity index (χ3v) is 2.61. The van der Waals surface area contributed by atoms with Crippen LogP contribution in [0.1, 0.15) is 26.0 Å². The molecular formula is C12H21N3O2. The van der Waals surface area contributed by atoms with Crippen LogP contribution in [0.2, 0.25) is 0 Å². The van der Waals surface area contributed by atoms with Crippen molar-refractivity contribution in [2.24, 2.45) is 0 Å². The minimum absolute atomic E-state index is 0.137. The minimum Gasteiger partial charge on any atom is -0.379 e. The fraction of sp³-hybridized carbons (Fsp3) is 0.667. The Kier molecular flexibility index (Phi) is 5.31. The highest BCUT2D eigenvalue weighted by Gasteiger charge is 2.15. The Labute approximate surface area is 103 Å². The molecule has 0 amide bonds. The number of nitrogens with one attached hydrogen (secondary N) is 1. The van der Waals surface area contributed by atoms with Gasteiger partial charge in [-0.25, -0.2) is 4.98 Å². The predicted molar refractivity (Wildman–Crippen MR) is 66.9 cm³/mol. The first-order chi connectivity index (χ1) is 8.07. The molecule has 0 aliphatic rings. The number of methoxy groups -OCH3 is 1. The molecule has 0 fully saturated rings. The summed E-state index contributed by atoms with van der Waals surface area (Å²) in [5.74, 6) is 0.759. The molecule has 0 aliphatic heterocycles. The Balaban J connectivity index is 2.26. The van der Waals surface area contributed by atoms with Crippen LogP contribution in [0.3, 0.4) is 0 Å². The van der Waals surface area contributed by atoms with Crippen LogP contribution in [-0.4, -0.2) is 36.3 Å².